The molecule has 3 atom stereocenters. The van der Waals surface area contributed by atoms with Gasteiger partial charge in [0, 0.05) is 6.54 Å². The first-order valence-electron chi connectivity index (χ1n) is 5.67. The van der Waals surface area contributed by atoms with Crippen molar-refractivity contribution in [3.63, 3.8) is 0 Å². The number of amides is 1. The highest BCUT2D eigenvalue weighted by molar-refractivity contribution is 5.70. The maximum atomic E-state index is 12.6. The predicted octanol–water partition coefficient (Wildman–Crippen LogP) is 2.80. The molecule has 3 nitrogen and oxygen atoms in total. The molecule has 0 bridgehead atoms. The maximum absolute atomic E-state index is 12.6. The summed E-state index contributed by atoms with van der Waals surface area (Å²) in [5.41, 5.74) is -0.669. The molecule has 1 saturated carbocycles. The van der Waals surface area contributed by atoms with Crippen LogP contribution in [-0.4, -0.2) is 35.4 Å². The lowest BCUT2D eigenvalue weighted by Gasteiger charge is -2.26. The number of rotatable bonds is 0. The summed E-state index contributed by atoms with van der Waals surface area (Å²) in [6.45, 7) is 5.47. The first kappa shape index (κ1) is 12.5. The zero-order valence-corrected chi connectivity index (χ0v) is 10.0. The quantitative estimate of drug-likeness (QED) is 0.662. The number of nitrogens with zero attached hydrogens (tertiary/aromatic N) is 1. The molecule has 2 fully saturated rings. The van der Waals surface area contributed by atoms with Gasteiger partial charge in [-0.05, 0) is 33.1 Å². The number of hydrogen-bond acceptors (Lipinski definition) is 2. The highest BCUT2D eigenvalue weighted by atomic mass is 19.4. The smallest absolute Gasteiger partial charge is 0.410 e. The Balaban J connectivity index is 1.99. The number of alkyl halides is 3. The normalized spacial score (nSPS) is 32.4. The Morgan fingerprint density at radius 1 is 1.29 bits per heavy atom. The van der Waals surface area contributed by atoms with Crippen molar-refractivity contribution < 1.29 is 22.7 Å². The molecule has 6 heteroatoms. The Bertz CT molecular complexity index is 335. The molecular formula is C11H16F3NO2. The first-order valence-corrected chi connectivity index (χ1v) is 5.67. The van der Waals surface area contributed by atoms with E-state index in [0.29, 0.717) is 13.0 Å². The molecule has 2 rings (SSSR count). The Morgan fingerprint density at radius 2 is 1.88 bits per heavy atom. The van der Waals surface area contributed by atoms with Crippen LogP contribution in [0.1, 0.15) is 27.2 Å². The average molecular weight is 251 g/mol. The van der Waals surface area contributed by atoms with Crippen molar-refractivity contribution in [2.75, 3.05) is 6.54 Å². The minimum atomic E-state index is -4.20. The Labute approximate surface area is 97.9 Å². The van der Waals surface area contributed by atoms with Crippen molar-refractivity contribution in [2.45, 2.75) is 45.0 Å². The van der Waals surface area contributed by atoms with Crippen LogP contribution in [0.25, 0.3) is 0 Å². The van der Waals surface area contributed by atoms with Crippen molar-refractivity contribution in [3.8, 4) is 0 Å². The SMILES string of the molecule is CC(C)(C)OC(=O)N1CC[C@@H]2[C@@H]1[C@H]2C(F)(F)F. The van der Waals surface area contributed by atoms with E-state index in [0.717, 1.165) is 0 Å². The summed E-state index contributed by atoms with van der Waals surface area (Å²) in [5, 5.41) is 0. The fourth-order valence-electron chi connectivity index (χ4n) is 2.54. The van der Waals surface area contributed by atoms with Gasteiger partial charge in [-0.1, -0.05) is 0 Å². The first-order chi connectivity index (χ1) is 7.61. The average Bonchev–Trinajstić information content (AvgIpc) is 2.65. The van der Waals surface area contributed by atoms with Crippen LogP contribution in [0, 0.1) is 11.8 Å². The molecule has 1 aliphatic carbocycles. The van der Waals surface area contributed by atoms with Gasteiger partial charge in [-0.15, -0.1) is 0 Å². The van der Waals surface area contributed by atoms with Gasteiger partial charge in [0.05, 0.1) is 12.0 Å². The number of fused-ring (bicyclic) bond motifs is 1. The molecule has 0 N–H and O–H groups in total. The molecule has 2 aliphatic rings. The standard InChI is InChI=1S/C11H16F3NO2/c1-10(2,3)17-9(16)15-5-4-6-7(8(6)15)11(12,13)14/h6-8H,4-5H2,1-3H3/t6-,7-,8+/m0/s1. The number of piperidine rings is 1. The number of carbonyl (C=O) groups excluding carboxylic acids is 1. The van der Waals surface area contributed by atoms with Gasteiger partial charge in [0.2, 0.25) is 0 Å². The lowest BCUT2D eigenvalue weighted by molar-refractivity contribution is -0.156. The molecule has 0 spiro atoms. The molecule has 0 radical (unpaired) electrons. The molecule has 1 saturated heterocycles. The lowest BCUT2D eigenvalue weighted by Crippen LogP contribution is -2.39. The van der Waals surface area contributed by atoms with Gasteiger partial charge in [-0.2, -0.15) is 13.2 Å². The molecule has 0 aromatic carbocycles. The van der Waals surface area contributed by atoms with Crippen molar-refractivity contribution >= 4 is 6.09 Å². The van der Waals surface area contributed by atoms with Crippen molar-refractivity contribution in [1.29, 1.82) is 0 Å². The van der Waals surface area contributed by atoms with Gasteiger partial charge in [0.15, 0.2) is 0 Å². The van der Waals surface area contributed by atoms with Gasteiger partial charge < -0.3 is 9.64 Å². The molecule has 0 aromatic heterocycles. The third-order valence-electron chi connectivity index (χ3n) is 3.20. The predicted molar refractivity (Wildman–Crippen MR) is 54.4 cm³/mol. The molecule has 1 heterocycles. The number of carbonyl (C=O) groups is 1. The third-order valence-corrected chi connectivity index (χ3v) is 3.20. The molecule has 98 valence electrons. The van der Waals surface area contributed by atoms with E-state index in [-0.39, 0.29) is 0 Å². The molecular weight excluding hydrogens is 235 g/mol. The zero-order valence-electron chi connectivity index (χ0n) is 10.0. The molecule has 1 aliphatic heterocycles. The summed E-state index contributed by atoms with van der Waals surface area (Å²) in [4.78, 5) is 12.9. The van der Waals surface area contributed by atoms with Gasteiger partial charge in [0.1, 0.15) is 5.60 Å². The van der Waals surface area contributed by atoms with E-state index in [9.17, 15) is 18.0 Å². The van der Waals surface area contributed by atoms with E-state index in [1.807, 2.05) is 0 Å². The van der Waals surface area contributed by atoms with E-state index in [2.05, 4.69) is 0 Å². The van der Waals surface area contributed by atoms with Crippen LogP contribution in [0.15, 0.2) is 0 Å². The molecule has 0 unspecified atom stereocenters. The zero-order chi connectivity index (χ0) is 13.0. The number of halogens is 3. The van der Waals surface area contributed by atoms with E-state index < -0.39 is 35.7 Å². The Hall–Kier alpha value is -0.940. The Morgan fingerprint density at radius 3 is 2.29 bits per heavy atom. The van der Waals surface area contributed by atoms with Crippen molar-refractivity contribution in [3.05, 3.63) is 0 Å². The van der Waals surface area contributed by atoms with Crippen LogP contribution < -0.4 is 0 Å². The summed E-state index contributed by atoms with van der Waals surface area (Å²) in [6.07, 6.45) is -4.40. The highest BCUT2D eigenvalue weighted by Crippen LogP contribution is 2.58. The minimum Gasteiger partial charge on any atom is -0.444 e. The lowest BCUT2D eigenvalue weighted by atomic mass is 10.2. The second-order valence-electron chi connectivity index (χ2n) is 5.68. The third kappa shape index (κ3) is 2.35. The van der Waals surface area contributed by atoms with Gasteiger partial charge >= 0.3 is 12.3 Å². The number of likely N-dealkylation sites (tertiary alicyclic amines) is 1. The van der Waals surface area contributed by atoms with Crippen LogP contribution in [0.5, 0.6) is 0 Å². The fourth-order valence-corrected chi connectivity index (χ4v) is 2.54. The molecule has 17 heavy (non-hydrogen) atoms. The van der Waals surface area contributed by atoms with Crippen LogP contribution in [0.4, 0.5) is 18.0 Å². The largest absolute Gasteiger partial charge is 0.444 e. The topological polar surface area (TPSA) is 29.5 Å². The van der Waals surface area contributed by atoms with Crippen LogP contribution >= 0.6 is 0 Å². The fraction of sp³-hybridized carbons (Fsp3) is 0.909. The second-order valence-corrected chi connectivity index (χ2v) is 5.68. The van der Waals surface area contributed by atoms with Gasteiger partial charge in [-0.3, -0.25) is 0 Å². The van der Waals surface area contributed by atoms with Crippen molar-refractivity contribution in [1.82, 2.24) is 4.90 Å². The summed E-state index contributed by atoms with van der Waals surface area (Å²) in [7, 11) is 0. The molecule has 0 aromatic rings. The van der Waals surface area contributed by atoms with E-state index >= 15 is 0 Å². The van der Waals surface area contributed by atoms with E-state index in [4.69, 9.17) is 4.74 Å². The van der Waals surface area contributed by atoms with Crippen LogP contribution in [0.2, 0.25) is 0 Å². The molecule has 1 amide bonds. The number of ether oxygens (including phenoxy) is 1. The monoisotopic (exact) mass is 251 g/mol. The summed E-state index contributed by atoms with van der Waals surface area (Å²) in [6, 6.07) is -0.690. The summed E-state index contributed by atoms with van der Waals surface area (Å²) < 4.78 is 42.8. The summed E-state index contributed by atoms with van der Waals surface area (Å²) in [5.74, 6) is -1.76. The minimum absolute atomic E-state index is 0.372. The maximum Gasteiger partial charge on any atom is 0.410 e. The Kier molecular flexibility index (Phi) is 2.60. The van der Waals surface area contributed by atoms with Crippen LogP contribution in [-0.2, 0) is 4.74 Å². The van der Waals surface area contributed by atoms with Crippen molar-refractivity contribution in [2.24, 2.45) is 11.8 Å². The van der Waals surface area contributed by atoms with Crippen LogP contribution in [0.3, 0.4) is 0 Å². The summed E-state index contributed by atoms with van der Waals surface area (Å²) >= 11 is 0. The highest BCUT2D eigenvalue weighted by Gasteiger charge is 2.69. The van der Waals surface area contributed by atoms with E-state index in [1.54, 1.807) is 20.8 Å². The van der Waals surface area contributed by atoms with Gasteiger partial charge in [-0.25, -0.2) is 4.79 Å². The second kappa shape index (κ2) is 3.53. The van der Waals surface area contributed by atoms with E-state index in [1.165, 1.54) is 4.90 Å². The number of hydrogen-bond donors (Lipinski definition) is 0. The van der Waals surface area contributed by atoms with Gasteiger partial charge in [0.25, 0.3) is 0 Å².